The van der Waals surface area contributed by atoms with E-state index in [1.165, 1.54) is 0 Å². The number of hydrogen-bond donors (Lipinski definition) is 1. The molecule has 0 saturated carbocycles. The van der Waals surface area contributed by atoms with Crippen molar-refractivity contribution in [2.24, 2.45) is 5.92 Å². The number of fused-ring (bicyclic) bond motifs is 1. The molecule has 1 aromatic carbocycles. The smallest absolute Gasteiger partial charge is 0.194 e. The van der Waals surface area contributed by atoms with Crippen molar-refractivity contribution in [1.29, 1.82) is 0 Å². The van der Waals surface area contributed by atoms with Gasteiger partial charge in [-0.15, -0.1) is 13.2 Å². The Labute approximate surface area is 149 Å². The third-order valence-electron chi connectivity index (χ3n) is 4.02. The van der Waals surface area contributed by atoms with Crippen LogP contribution in [0.3, 0.4) is 0 Å². The number of pyridine rings is 1. The number of rotatable bonds is 9. The van der Waals surface area contributed by atoms with Gasteiger partial charge < -0.3 is 9.72 Å². The van der Waals surface area contributed by atoms with Gasteiger partial charge in [0.2, 0.25) is 0 Å². The van der Waals surface area contributed by atoms with E-state index in [2.05, 4.69) is 36.9 Å². The van der Waals surface area contributed by atoms with Crippen molar-refractivity contribution in [2.75, 3.05) is 19.7 Å². The molecule has 0 unspecified atom stereocenters. The first-order chi connectivity index (χ1) is 12.0. The summed E-state index contributed by atoms with van der Waals surface area (Å²) in [7, 11) is 0. The maximum Gasteiger partial charge on any atom is 0.194 e. The maximum absolute atomic E-state index is 13.0. The van der Waals surface area contributed by atoms with Crippen molar-refractivity contribution in [3.63, 3.8) is 0 Å². The lowest BCUT2D eigenvalue weighted by molar-refractivity contribution is 0.271. The minimum absolute atomic E-state index is 0.0550. The van der Waals surface area contributed by atoms with Gasteiger partial charge in [-0.2, -0.15) is 0 Å². The third-order valence-corrected chi connectivity index (χ3v) is 4.02. The highest BCUT2D eigenvalue weighted by atomic mass is 16.5. The fourth-order valence-corrected chi connectivity index (χ4v) is 2.77. The SMILES string of the molecule is C=CCN(CC=C)Cc1c(C)[nH]c2ccc(OCC(C)C)cc2c1=O. The summed E-state index contributed by atoms with van der Waals surface area (Å²) < 4.78 is 5.77. The number of nitrogens with zero attached hydrogens (tertiary/aromatic N) is 1. The zero-order valence-corrected chi connectivity index (χ0v) is 15.5. The number of ether oxygens (including phenoxy) is 1. The monoisotopic (exact) mass is 340 g/mol. The number of aromatic nitrogens is 1. The molecule has 4 nitrogen and oxygen atoms in total. The van der Waals surface area contributed by atoms with Crippen LogP contribution in [-0.4, -0.2) is 29.6 Å². The highest BCUT2D eigenvalue weighted by Crippen LogP contribution is 2.20. The molecule has 0 saturated heterocycles. The predicted octanol–water partition coefficient (Wildman–Crippen LogP) is 4.05. The lowest BCUT2D eigenvalue weighted by atomic mass is 10.1. The summed E-state index contributed by atoms with van der Waals surface area (Å²) in [6.07, 6.45) is 3.68. The molecule has 2 aromatic rings. The topological polar surface area (TPSA) is 45.3 Å². The van der Waals surface area contributed by atoms with Crippen LogP contribution in [-0.2, 0) is 6.54 Å². The van der Waals surface area contributed by atoms with E-state index in [4.69, 9.17) is 4.74 Å². The van der Waals surface area contributed by atoms with Crippen LogP contribution < -0.4 is 10.2 Å². The summed E-state index contributed by atoms with van der Waals surface area (Å²) in [5.41, 5.74) is 2.56. The molecule has 0 aliphatic heterocycles. The van der Waals surface area contributed by atoms with E-state index in [1.54, 1.807) is 0 Å². The zero-order valence-electron chi connectivity index (χ0n) is 15.5. The van der Waals surface area contributed by atoms with Gasteiger partial charge in [-0.05, 0) is 31.0 Å². The van der Waals surface area contributed by atoms with Crippen LogP contribution in [0.5, 0.6) is 5.75 Å². The highest BCUT2D eigenvalue weighted by Gasteiger charge is 2.13. The lowest BCUT2D eigenvalue weighted by Crippen LogP contribution is -2.27. The maximum atomic E-state index is 13.0. The Morgan fingerprint density at radius 2 is 1.92 bits per heavy atom. The molecule has 0 atom stereocenters. The molecule has 0 bridgehead atoms. The molecular formula is C21H28N2O2. The van der Waals surface area contributed by atoms with Crippen LogP contribution in [0.2, 0.25) is 0 Å². The van der Waals surface area contributed by atoms with Crippen molar-refractivity contribution >= 4 is 10.9 Å². The van der Waals surface area contributed by atoms with Gasteiger partial charge >= 0.3 is 0 Å². The van der Waals surface area contributed by atoms with Gasteiger partial charge in [-0.25, -0.2) is 0 Å². The summed E-state index contributed by atoms with van der Waals surface area (Å²) in [5, 5.41) is 0.666. The van der Waals surface area contributed by atoms with E-state index in [9.17, 15) is 4.79 Å². The van der Waals surface area contributed by atoms with E-state index < -0.39 is 0 Å². The molecule has 0 amide bonds. The molecule has 4 heteroatoms. The zero-order chi connectivity index (χ0) is 18.4. The summed E-state index contributed by atoms with van der Waals surface area (Å²) in [4.78, 5) is 18.5. The largest absolute Gasteiger partial charge is 0.493 e. The average molecular weight is 340 g/mol. The van der Waals surface area contributed by atoms with Crippen LogP contribution in [0.4, 0.5) is 0 Å². The fraction of sp³-hybridized carbons (Fsp3) is 0.381. The second-order valence-electron chi connectivity index (χ2n) is 6.74. The molecule has 0 aliphatic carbocycles. The van der Waals surface area contributed by atoms with E-state index in [1.807, 2.05) is 37.3 Å². The number of hydrogen-bond acceptors (Lipinski definition) is 3. The Bertz CT molecular complexity index is 795. The standard InChI is InChI=1S/C21H28N2O2/c1-6-10-23(11-7-2)13-19-16(5)22-20-9-8-17(25-14-15(3)4)12-18(20)21(19)24/h6-9,12,15H,1-2,10-11,13-14H2,3-5H3,(H,22,24). The van der Waals surface area contributed by atoms with Crippen molar-refractivity contribution in [3.05, 3.63) is 65.0 Å². The fourth-order valence-electron chi connectivity index (χ4n) is 2.77. The van der Waals surface area contributed by atoms with Crippen molar-refractivity contribution in [3.8, 4) is 5.75 Å². The third kappa shape index (κ3) is 4.83. The molecule has 25 heavy (non-hydrogen) atoms. The summed E-state index contributed by atoms with van der Waals surface area (Å²) in [5.74, 6) is 1.17. The van der Waals surface area contributed by atoms with Crippen LogP contribution in [0.15, 0.2) is 48.3 Å². The number of aryl methyl sites for hydroxylation is 1. The Kier molecular flexibility index (Phi) is 6.59. The number of aromatic amines is 1. The molecule has 1 heterocycles. The van der Waals surface area contributed by atoms with Crippen LogP contribution in [0.25, 0.3) is 10.9 Å². The van der Waals surface area contributed by atoms with E-state index in [-0.39, 0.29) is 5.43 Å². The van der Waals surface area contributed by atoms with Gasteiger partial charge in [-0.1, -0.05) is 26.0 Å². The van der Waals surface area contributed by atoms with Crippen LogP contribution in [0.1, 0.15) is 25.1 Å². The van der Waals surface area contributed by atoms with Gasteiger partial charge in [0.05, 0.1) is 6.61 Å². The normalized spacial score (nSPS) is 11.2. The van der Waals surface area contributed by atoms with Gasteiger partial charge in [0.15, 0.2) is 5.43 Å². The Balaban J connectivity index is 2.41. The van der Waals surface area contributed by atoms with Crippen molar-refractivity contribution in [2.45, 2.75) is 27.3 Å². The molecule has 0 spiro atoms. The summed E-state index contributed by atoms with van der Waals surface area (Å²) in [6.45, 7) is 16.3. The molecule has 134 valence electrons. The molecule has 1 aromatic heterocycles. The lowest BCUT2D eigenvalue weighted by Gasteiger charge is -2.20. The minimum Gasteiger partial charge on any atom is -0.493 e. The van der Waals surface area contributed by atoms with Crippen molar-refractivity contribution in [1.82, 2.24) is 9.88 Å². The second kappa shape index (κ2) is 8.67. The molecule has 0 fully saturated rings. The Morgan fingerprint density at radius 1 is 1.24 bits per heavy atom. The first-order valence-corrected chi connectivity index (χ1v) is 8.68. The number of nitrogens with one attached hydrogen (secondary N) is 1. The quantitative estimate of drug-likeness (QED) is 0.701. The van der Waals surface area contributed by atoms with Gasteiger partial charge in [0, 0.05) is 41.8 Å². The molecule has 2 rings (SSSR count). The molecule has 1 N–H and O–H groups in total. The van der Waals surface area contributed by atoms with Crippen LogP contribution in [0, 0.1) is 12.8 Å². The molecular weight excluding hydrogens is 312 g/mol. The second-order valence-corrected chi connectivity index (χ2v) is 6.74. The highest BCUT2D eigenvalue weighted by molar-refractivity contribution is 5.81. The van der Waals surface area contributed by atoms with Gasteiger partial charge in [0.1, 0.15) is 5.75 Å². The minimum atomic E-state index is 0.0550. The van der Waals surface area contributed by atoms with Gasteiger partial charge in [0.25, 0.3) is 0 Å². The van der Waals surface area contributed by atoms with Crippen molar-refractivity contribution < 1.29 is 4.74 Å². The average Bonchev–Trinajstić information content (AvgIpc) is 2.57. The first kappa shape index (κ1) is 19.0. The van der Waals surface area contributed by atoms with Gasteiger partial charge in [-0.3, -0.25) is 9.69 Å². The molecule has 0 aliphatic rings. The van der Waals surface area contributed by atoms with Crippen LogP contribution >= 0.6 is 0 Å². The number of H-pyrrole nitrogens is 1. The molecule has 0 radical (unpaired) electrons. The Morgan fingerprint density at radius 3 is 2.52 bits per heavy atom. The van der Waals surface area contributed by atoms with E-state index >= 15 is 0 Å². The summed E-state index contributed by atoms with van der Waals surface area (Å²) in [6, 6.07) is 5.65. The summed E-state index contributed by atoms with van der Waals surface area (Å²) >= 11 is 0. The van der Waals surface area contributed by atoms with E-state index in [0.29, 0.717) is 37.5 Å². The Hall–Kier alpha value is -2.33. The predicted molar refractivity (Wildman–Crippen MR) is 105 cm³/mol. The number of benzene rings is 1. The first-order valence-electron chi connectivity index (χ1n) is 8.68. The van der Waals surface area contributed by atoms with E-state index in [0.717, 1.165) is 22.5 Å².